The van der Waals surface area contributed by atoms with Crippen LogP contribution in [0.15, 0.2) is 18.2 Å². The van der Waals surface area contributed by atoms with Crippen LogP contribution in [0.3, 0.4) is 0 Å². The molecular weight excluding hydrogens is 208 g/mol. The highest BCUT2D eigenvalue weighted by molar-refractivity contribution is 5.86. The molecule has 2 N–H and O–H groups in total. The number of benzene rings is 1. The predicted octanol–water partition coefficient (Wildman–Crippen LogP) is 1.65. The van der Waals surface area contributed by atoms with Gasteiger partial charge < -0.3 is 14.9 Å². The average molecular weight is 222 g/mol. The zero-order chi connectivity index (χ0) is 11.8. The van der Waals surface area contributed by atoms with Crippen LogP contribution in [0.1, 0.15) is 24.0 Å². The number of para-hydroxylation sites is 1. The lowest BCUT2D eigenvalue weighted by molar-refractivity contribution is -0.140. The third-order valence-electron chi connectivity index (χ3n) is 3.09. The highest BCUT2D eigenvalue weighted by Gasteiger charge is 2.53. The Morgan fingerprint density at radius 1 is 1.50 bits per heavy atom. The molecule has 0 heterocycles. The monoisotopic (exact) mass is 222 g/mol. The van der Waals surface area contributed by atoms with Crippen molar-refractivity contribution in [3.8, 4) is 5.75 Å². The van der Waals surface area contributed by atoms with Crippen molar-refractivity contribution in [2.24, 2.45) is 0 Å². The van der Waals surface area contributed by atoms with Crippen LogP contribution in [0.2, 0.25) is 0 Å². The average Bonchev–Trinajstić information content (AvgIpc) is 3.02. The summed E-state index contributed by atoms with van der Waals surface area (Å²) in [7, 11) is 1.54. The molecule has 0 amide bonds. The molecule has 1 fully saturated rings. The molecule has 0 radical (unpaired) electrons. The molecule has 0 saturated heterocycles. The normalized spacial score (nSPS) is 17.1. The number of methoxy groups -OCH3 is 1. The fourth-order valence-corrected chi connectivity index (χ4v) is 1.97. The molecule has 0 atom stereocenters. The largest absolute Gasteiger partial charge is 0.507 e. The number of hydrogen-bond donors (Lipinski definition) is 2. The molecule has 16 heavy (non-hydrogen) atoms. The van der Waals surface area contributed by atoms with Crippen LogP contribution in [0, 0.1) is 0 Å². The lowest BCUT2D eigenvalue weighted by Crippen LogP contribution is -2.19. The number of carboxylic acid groups (broad SMARTS) is 1. The number of aliphatic carboxylic acids is 1. The molecule has 86 valence electrons. The van der Waals surface area contributed by atoms with E-state index in [0.717, 1.165) is 0 Å². The maximum absolute atomic E-state index is 11.2. The van der Waals surface area contributed by atoms with Gasteiger partial charge >= 0.3 is 5.97 Å². The van der Waals surface area contributed by atoms with E-state index in [1.165, 1.54) is 7.11 Å². The van der Waals surface area contributed by atoms with Crippen molar-refractivity contribution in [2.45, 2.75) is 24.9 Å². The van der Waals surface area contributed by atoms with Crippen molar-refractivity contribution in [3.63, 3.8) is 0 Å². The number of rotatable bonds is 4. The van der Waals surface area contributed by atoms with Crippen molar-refractivity contribution in [1.82, 2.24) is 0 Å². The number of carboxylic acids is 1. The second-order valence-electron chi connectivity index (χ2n) is 4.13. The minimum atomic E-state index is -0.867. The summed E-state index contributed by atoms with van der Waals surface area (Å²) in [5.74, 6) is -0.804. The minimum absolute atomic E-state index is 0.0595. The van der Waals surface area contributed by atoms with Gasteiger partial charge in [-0.25, -0.2) is 0 Å². The van der Waals surface area contributed by atoms with Crippen LogP contribution in [0.5, 0.6) is 5.75 Å². The Balaban J connectivity index is 2.42. The van der Waals surface area contributed by atoms with E-state index < -0.39 is 11.4 Å². The van der Waals surface area contributed by atoms with Crippen molar-refractivity contribution < 1.29 is 19.7 Å². The molecule has 1 aliphatic rings. The van der Waals surface area contributed by atoms with Crippen molar-refractivity contribution in [2.75, 3.05) is 7.11 Å². The van der Waals surface area contributed by atoms with Crippen molar-refractivity contribution >= 4 is 5.97 Å². The Bertz CT molecular complexity index is 421. The predicted molar refractivity (Wildman–Crippen MR) is 57.4 cm³/mol. The van der Waals surface area contributed by atoms with Gasteiger partial charge in [-0.3, -0.25) is 4.79 Å². The molecule has 4 nitrogen and oxygen atoms in total. The van der Waals surface area contributed by atoms with Gasteiger partial charge in [-0.2, -0.15) is 0 Å². The molecule has 0 aromatic heterocycles. The topological polar surface area (TPSA) is 66.8 Å². The van der Waals surface area contributed by atoms with Gasteiger partial charge in [0.1, 0.15) is 5.75 Å². The maximum Gasteiger partial charge on any atom is 0.314 e. The first-order valence-electron chi connectivity index (χ1n) is 5.15. The summed E-state index contributed by atoms with van der Waals surface area (Å²) in [6, 6.07) is 5.17. The Morgan fingerprint density at radius 2 is 2.19 bits per heavy atom. The van der Waals surface area contributed by atoms with E-state index in [4.69, 9.17) is 9.84 Å². The van der Waals surface area contributed by atoms with E-state index in [2.05, 4.69) is 0 Å². The summed E-state index contributed by atoms with van der Waals surface area (Å²) in [6.45, 7) is 0.287. The summed E-state index contributed by atoms with van der Waals surface area (Å²) >= 11 is 0. The second-order valence-corrected chi connectivity index (χ2v) is 4.13. The summed E-state index contributed by atoms with van der Waals surface area (Å²) < 4.78 is 4.95. The standard InChI is InChI=1S/C12H14O4/c1-16-7-8-3-2-4-9(10(8)13)12(5-6-12)11(14)15/h2-4,13H,5-7H2,1H3,(H,14,15). The molecule has 0 bridgehead atoms. The van der Waals surface area contributed by atoms with Crippen LogP contribution in [-0.4, -0.2) is 23.3 Å². The SMILES string of the molecule is COCc1cccc(C2(C(=O)O)CC2)c1O. The molecular formula is C12H14O4. The summed E-state index contributed by atoms with van der Waals surface area (Å²) in [4.78, 5) is 11.2. The van der Waals surface area contributed by atoms with E-state index in [-0.39, 0.29) is 12.4 Å². The second kappa shape index (κ2) is 3.79. The third kappa shape index (κ3) is 1.55. The quantitative estimate of drug-likeness (QED) is 0.813. The lowest BCUT2D eigenvalue weighted by atomic mass is 9.93. The zero-order valence-corrected chi connectivity index (χ0v) is 9.06. The lowest BCUT2D eigenvalue weighted by Gasteiger charge is -2.14. The molecule has 2 rings (SSSR count). The van der Waals surface area contributed by atoms with Gasteiger partial charge in [0.2, 0.25) is 0 Å². The molecule has 1 aromatic rings. The van der Waals surface area contributed by atoms with Gasteiger partial charge in [-0.15, -0.1) is 0 Å². The summed E-state index contributed by atoms with van der Waals surface area (Å²) in [5, 5.41) is 19.2. The zero-order valence-electron chi connectivity index (χ0n) is 9.06. The van der Waals surface area contributed by atoms with Crippen LogP contribution in [-0.2, 0) is 21.6 Å². The van der Waals surface area contributed by atoms with E-state index in [9.17, 15) is 9.90 Å². The molecule has 1 aromatic carbocycles. The fraction of sp³-hybridized carbons (Fsp3) is 0.417. The fourth-order valence-electron chi connectivity index (χ4n) is 1.97. The van der Waals surface area contributed by atoms with Gasteiger partial charge in [0.05, 0.1) is 12.0 Å². The van der Waals surface area contributed by atoms with Gasteiger partial charge in [0.15, 0.2) is 0 Å². The van der Waals surface area contributed by atoms with Crippen LogP contribution >= 0.6 is 0 Å². The Morgan fingerprint density at radius 3 is 2.69 bits per heavy atom. The number of phenols is 1. The highest BCUT2D eigenvalue weighted by Crippen LogP contribution is 2.51. The molecule has 0 unspecified atom stereocenters. The van der Waals surface area contributed by atoms with E-state index in [1.807, 2.05) is 0 Å². The number of ether oxygens (including phenoxy) is 1. The van der Waals surface area contributed by atoms with E-state index >= 15 is 0 Å². The molecule has 1 saturated carbocycles. The van der Waals surface area contributed by atoms with Gasteiger partial charge in [0.25, 0.3) is 0 Å². The first-order valence-corrected chi connectivity index (χ1v) is 5.15. The van der Waals surface area contributed by atoms with E-state index in [1.54, 1.807) is 18.2 Å². The van der Waals surface area contributed by atoms with Crippen molar-refractivity contribution in [1.29, 1.82) is 0 Å². The summed E-state index contributed by atoms with van der Waals surface area (Å²) in [6.07, 6.45) is 1.18. The molecule has 0 spiro atoms. The van der Waals surface area contributed by atoms with Crippen LogP contribution < -0.4 is 0 Å². The van der Waals surface area contributed by atoms with Gasteiger partial charge in [0, 0.05) is 18.2 Å². The Hall–Kier alpha value is -1.55. The Kier molecular flexibility index (Phi) is 2.59. The highest BCUT2D eigenvalue weighted by atomic mass is 16.5. The number of carbonyl (C=O) groups is 1. The van der Waals surface area contributed by atoms with Gasteiger partial charge in [-0.05, 0) is 12.8 Å². The first kappa shape index (κ1) is 11.0. The first-order chi connectivity index (χ1) is 7.62. The van der Waals surface area contributed by atoms with E-state index in [0.29, 0.717) is 24.0 Å². The smallest absolute Gasteiger partial charge is 0.314 e. The molecule has 0 aliphatic heterocycles. The van der Waals surface area contributed by atoms with Crippen LogP contribution in [0.4, 0.5) is 0 Å². The number of aromatic hydroxyl groups is 1. The van der Waals surface area contributed by atoms with Crippen molar-refractivity contribution in [3.05, 3.63) is 29.3 Å². The number of phenolic OH excluding ortho intramolecular Hbond substituents is 1. The molecule has 1 aliphatic carbocycles. The maximum atomic E-state index is 11.2. The van der Waals surface area contributed by atoms with Gasteiger partial charge in [-0.1, -0.05) is 18.2 Å². The summed E-state index contributed by atoms with van der Waals surface area (Å²) in [5.41, 5.74) is 0.274. The molecule has 4 heteroatoms. The Labute approximate surface area is 93.5 Å². The number of hydrogen-bond acceptors (Lipinski definition) is 3. The van der Waals surface area contributed by atoms with Crippen LogP contribution in [0.25, 0.3) is 0 Å². The minimum Gasteiger partial charge on any atom is -0.507 e. The third-order valence-corrected chi connectivity index (χ3v) is 3.09.